The highest BCUT2D eigenvalue weighted by Crippen LogP contribution is 2.18. The highest BCUT2D eigenvalue weighted by Gasteiger charge is 2.30. The van der Waals surface area contributed by atoms with Crippen LogP contribution in [0.5, 0.6) is 0 Å². The van der Waals surface area contributed by atoms with Gasteiger partial charge in [-0.2, -0.15) is 0 Å². The highest BCUT2D eigenvalue weighted by molar-refractivity contribution is 4.88. The molecule has 19 heavy (non-hydrogen) atoms. The van der Waals surface area contributed by atoms with Gasteiger partial charge in [-0.1, -0.05) is 0 Å². The molecule has 4 nitrogen and oxygen atoms in total. The molecule has 0 saturated carbocycles. The summed E-state index contributed by atoms with van der Waals surface area (Å²) in [6, 6.07) is 0.635. The summed E-state index contributed by atoms with van der Waals surface area (Å²) in [5, 5.41) is 3.77. The van der Waals surface area contributed by atoms with Gasteiger partial charge < -0.3 is 15.0 Å². The van der Waals surface area contributed by atoms with Gasteiger partial charge in [-0.3, -0.25) is 4.90 Å². The van der Waals surface area contributed by atoms with Crippen molar-refractivity contribution in [3.05, 3.63) is 0 Å². The summed E-state index contributed by atoms with van der Waals surface area (Å²) < 4.78 is 5.61. The van der Waals surface area contributed by atoms with Gasteiger partial charge in [0.05, 0.1) is 6.10 Å². The van der Waals surface area contributed by atoms with E-state index in [1.165, 1.54) is 26.2 Å². The van der Waals surface area contributed by atoms with Crippen LogP contribution in [-0.2, 0) is 4.74 Å². The smallest absolute Gasteiger partial charge is 0.0561 e. The van der Waals surface area contributed by atoms with Crippen molar-refractivity contribution in [2.24, 2.45) is 0 Å². The molecule has 2 fully saturated rings. The first-order valence-electron chi connectivity index (χ1n) is 7.76. The van der Waals surface area contributed by atoms with E-state index >= 15 is 0 Å². The summed E-state index contributed by atoms with van der Waals surface area (Å²) in [5.74, 6) is 0. The second-order valence-electron chi connectivity index (χ2n) is 6.89. The Kier molecular flexibility index (Phi) is 5.23. The number of piperazine rings is 1. The number of likely N-dealkylation sites (N-methyl/N-ethyl adjacent to an activating group) is 1. The molecule has 2 aliphatic rings. The number of ether oxygens (including phenoxy) is 1. The van der Waals surface area contributed by atoms with E-state index in [0.29, 0.717) is 12.1 Å². The van der Waals surface area contributed by atoms with Gasteiger partial charge in [0, 0.05) is 50.9 Å². The first kappa shape index (κ1) is 15.2. The fourth-order valence-electron chi connectivity index (χ4n) is 3.10. The molecule has 2 unspecified atom stereocenters. The molecule has 1 N–H and O–H groups in total. The summed E-state index contributed by atoms with van der Waals surface area (Å²) in [6.45, 7) is 13.7. The second kappa shape index (κ2) is 6.53. The zero-order valence-electron chi connectivity index (χ0n) is 13.1. The van der Waals surface area contributed by atoms with Crippen molar-refractivity contribution < 1.29 is 4.74 Å². The van der Waals surface area contributed by atoms with Crippen molar-refractivity contribution >= 4 is 0 Å². The first-order valence-corrected chi connectivity index (χ1v) is 7.76. The molecule has 2 saturated heterocycles. The number of nitrogens with zero attached hydrogens (tertiary/aromatic N) is 2. The third-order valence-electron chi connectivity index (χ3n) is 4.67. The van der Waals surface area contributed by atoms with Crippen LogP contribution in [-0.4, -0.2) is 73.9 Å². The standard InChI is InChI=1S/C15H31N3O/c1-13-11-14(5-10-19-13)16-12-15(2,3)18-8-6-17(4)7-9-18/h13-14,16H,5-12H2,1-4H3. The summed E-state index contributed by atoms with van der Waals surface area (Å²) >= 11 is 0. The number of rotatable bonds is 4. The fraction of sp³-hybridized carbons (Fsp3) is 1.00. The number of nitrogens with one attached hydrogen (secondary N) is 1. The Labute approximate surface area is 118 Å². The maximum Gasteiger partial charge on any atom is 0.0561 e. The molecule has 2 atom stereocenters. The minimum absolute atomic E-state index is 0.253. The van der Waals surface area contributed by atoms with Crippen molar-refractivity contribution in [1.29, 1.82) is 0 Å². The summed E-state index contributed by atoms with van der Waals surface area (Å²) in [6.07, 6.45) is 2.72. The van der Waals surface area contributed by atoms with Gasteiger partial charge in [0.25, 0.3) is 0 Å². The van der Waals surface area contributed by atoms with Crippen LogP contribution in [0.4, 0.5) is 0 Å². The molecule has 0 amide bonds. The van der Waals surface area contributed by atoms with E-state index in [0.717, 1.165) is 26.0 Å². The van der Waals surface area contributed by atoms with Gasteiger partial charge in [-0.25, -0.2) is 0 Å². The zero-order valence-corrected chi connectivity index (χ0v) is 13.1. The Balaban J connectivity index is 1.76. The van der Waals surface area contributed by atoms with Crippen molar-refractivity contribution in [2.75, 3.05) is 46.4 Å². The lowest BCUT2D eigenvalue weighted by atomic mass is 9.98. The van der Waals surface area contributed by atoms with E-state index in [9.17, 15) is 0 Å². The Bertz CT molecular complexity index is 275. The highest BCUT2D eigenvalue weighted by atomic mass is 16.5. The van der Waals surface area contributed by atoms with E-state index < -0.39 is 0 Å². The van der Waals surface area contributed by atoms with Gasteiger partial charge >= 0.3 is 0 Å². The normalized spacial score (nSPS) is 31.6. The summed E-state index contributed by atoms with van der Waals surface area (Å²) in [7, 11) is 2.21. The number of hydrogen-bond acceptors (Lipinski definition) is 4. The largest absolute Gasteiger partial charge is 0.378 e. The molecule has 0 aromatic rings. The average Bonchev–Trinajstić information content (AvgIpc) is 2.37. The molecule has 0 aliphatic carbocycles. The molecule has 2 rings (SSSR count). The maximum atomic E-state index is 5.61. The number of hydrogen-bond donors (Lipinski definition) is 1. The molecule has 2 heterocycles. The Morgan fingerprint density at radius 3 is 2.53 bits per heavy atom. The van der Waals surface area contributed by atoms with Gasteiger partial charge in [-0.15, -0.1) is 0 Å². The lowest BCUT2D eigenvalue weighted by Gasteiger charge is -2.44. The van der Waals surface area contributed by atoms with Crippen molar-refractivity contribution in [2.45, 2.75) is 51.3 Å². The SMILES string of the molecule is CC1CC(NCC(C)(C)N2CCN(C)CC2)CCO1. The van der Waals surface area contributed by atoms with E-state index in [1.807, 2.05) is 0 Å². The van der Waals surface area contributed by atoms with Crippen LogP contribution in [0.3, 0.4) is 0 Å². The summed E-state index contributed by atoms with van der Waals surface area (Å²) in [4.78, 5) is 5.04. The van der Waals surface area contributed by atoms with Gasteiger partial charge in [0.15, 0.2) is 0 Å². The minimum atomic E-state index is 0.253. The molecular formula is C15H31N3O. The van der Waals surface area contributed by atoms with Crippen LogP contribution in [0.25, 0.3) is 0 Å². The third kappa shape index (κ3) is 4.42. The minimum Gasteiger partial charge on any atom is -0.378 e. The average molecular weight is 269 g/mol. The Morgan fingerprint density at radius 1 is 1.21 bits per heavy atom. The topological polar surface area (TPSA) is 27.7 Å². The maximum absolute atomic E-state index is 5.61. The molecule has 2 aliphatic heterocycles. The van der Waals surface area contributed by atoms with Crippen molar-refractivity contribution in [1.82, 2.24) is 15.1 Å². The van der Waals surface area contributed by atoms with E-state index in [-0.39, 0.29) is 5.54 Å². The fourth-order valence-corrected chi connectivity index (χ4v) is 3.10. The van der Waals surface area contributed by atoms with Gasteiger partial charge in [0.1, 0.15) is 0 Å². The Hall–Kier alpha value is -0.160. The quantitative estimate of drug-likeness (QED) is 0.829. The molecular weight excluding hydrogens is 238 g/mol. The monoisotopic (exact) mass is 269 g/mol. The predicted molar refractivity (Wildman–Crippen MR) is 79.6 cm³/mol. The van der Waals surface area contributed by atoms with Crippen LogP contribution in [0.2, 0.25) is 0 Å². The van der Waals surface area contributed by atoms with Crippen LogP contribution < -0.4 is 5.32 Å². The molecule has 0 radical (unpaired) electrons. The molecule has 0 aromatic heterocycles. The second-order valence-corrected chi connectivity index (χ2v) is 6.89. The molecule has 4 heteroatoms. The lowest BCUT2D eigenvalue weighted by molar-refractivity contribution is 0.00733. The van der Waals surface area contributed by atoms with Gasteiger partial charge in [-0.05, 0) is 40.7 Å². The van der Waals surface area contributed by atoms with Gasteiger partial charge in [0.2, 0.25) is 0 Å². The van der Waals surface area contributed by atoms with Crippen LogP contribution in [0.1, 0.15) is 33.6 Å². The van der Waals surface area contributed by atoms with Crippen molar-refractivity contribution in [3.8, 4) is 0 Å². The zero-order chi connectivity index (χ0) is 13.9. The van der Waals surface area contributed by atoms with Crippen LogP contribution in [0, 0.1) is 0 Å². The van der Waals surface area contributed by atoms with E-state index in [1.54, 1.807) is 0 Å². The Morgan fingerprint density at radius 2 is 1.89 bits per heavy atom. The summed E-state index contributed by atoms with van der Waals surface area (Å²) in [5.41, 5.74) is 0.253. The predicted octanol–water partition coefficient (Wildman–Crippen LogP) is 1.17. The van der Waals surface area contributed by atoms with Crippen LogP contribution in [0.15, 0.2) is 0 Å². The van der Waals surface area contributed by atoms with Crippen molar-refractivity contribution in [3.63, 3.8) is 0 Å². The third-order valence-corrected chi connectivity index (χ3v) is 4.67. The molecule has 0 bridgehead atoms. The molecule has 0 spiro atoms. The lowest BCUT2D eigenvalue weighted by Crippen LogP contribution is -2.58. The van der Waals surface area contributed by atoms with Crippen LogP contribution >= 0.6 is 0 Å². The van der Waals surface area contributed by atoms with E-state index in [4.69, 9.17) is 4.74 Å². The van der Waals surface area contributed by atoms with E-state index in [2.05, 4.69) is 42.9 Å². The first-order chi connectivity index (χ1) is 8.97. The molecule has 0 aromatic carbocycles. The molecule has 112 valence electrons.